The quantitative estimate of drug-likeness (QED) is 0.688. The van der Waals surface area contributed by atoms with Crippen LogP contribution in [0.1, 0.15) is 37.3 Å². The van der Waals surface area contributed by atoms with Gasteiger partial charge in [-0.25, -0.2) is 9.59 Å². The first-order valence-electron chi connectivity index (χ1n) is 7.35. The summed E-state index contributed by atoms with van der Waals surface area (Å²) in [6.07, 6.45) is 2.86. The lowest BCUT2D eigenvalue weighted by molar-refractivity contribution is -0.139. The molecule has 0 aliphatic carbocycles. The Morgan fingerprint density at radius 3 is 2.71 bits per heavy atom. The predicted octanol–water partition coefficient (Wildman–Crippen LogP) is 2.48. The molecule has 0 fully saturated rings. The molecule has 5 heteroatoms. The van der Waals surface area contributed by atoms with Crippen molar-refractivity contribution in [3.05, 3.63) is 35.4 Å². The van der Waals surface area contributed by atoms with Gasteiger partial charge in [-0.15, -0.1) is 0 Å². The minimum absolute atomic E-state index is 0.425. The topological polar surface area (TPSA) is 78.4 Å². The Morgan fingerprint density at radius 1 is 1.33 bits per heavy atom. The Kier molecular flexibility index (Phi) is 7.29. The Morgan fingerprint density at radius 2 is 2.10 bits per heavy atom. The van der Waals surface area contributed by atoms with Gasteiger partial charge in [0.15, 0.2) is 0 Å². The van der Waals surface area contributed by atoms with Crippen molar-refractivity contribution in [1.82, 2.24) is 10.6 Å². The minimum Gasteiger partial charge on any atom is -0.480 e. The van der Waals surface area contributed by atoms with Gasteiger partial charge >= 0.3 is 12.0 Å². The van der Waals surface area contributed by atoms with E-state index in [2.05, 4.69) is 16.7 Å². The normalized spacial score (nSPS) is 11.7. The molecule has 1 aromatic carbocycles. The van der Waals surface area contributed by atoms with Crippen LogP contribution in [0.4, 0.5) is 4.79 Å². The summed E-state index contributed by atoms with van der Waals surface area (Å²) in [5.74, 6) is -0.989. The first-order chi connectivity index (χ1) is 10.0. The van der Waals surface area contributed by atoms with E-state index in [9.17, 15) is 9.59 Å². The highest BCUT2D eigenvalue weighted by Gasteiger charge is 2.18. The number of carbonyl (C=O) groups excluding carboxylic acids is 1. The standard InChI is InChI=1S/C16H24N2O3/c1-3-4-8-14(15(19)20)18-16(21)17-10-9-13-7-5-6-12(2)11-13/h5-7,11,14H,3-4,8-10H2,1-2H3,(H,19,20)(H2,17,18,21)/t14-/m0/s1. The molecule has 0 saturated carbocycles. The van der Waals surface area contributed by atoms with E-state index in [1.54, 1.807) is 0 Å². The van der Waals surface area contributed by atoms with E-state index < -0.39 is 18.0 Å². The third kappa shape index (κ3) is 6.79. The number of unbranched alkanes of at least 4 members (excludes halogenated alkanes) is 1. The molecule has 0 radical (unpaired) electrons. The van der Waals surface area contributed by atoms with Crippen LogP contribution in [0.2, 0.25) is 0 Å². The average molecular weight is 292 g/mol. The predicted molar refractivity (Wildman–Crippen MR) is 82.4 cm³/mol. The van der Waals surface area contributed by atoms with Crippen molar-refractivity contribution in [2.45, 2.75) is 45.6 Å². The summed E-state index contributed by atoms with van der Waals surface area (Å²) in [5.41, 5.74) is 2.33. The van der Waals surface area contributed by atoms with E-state index in [1.807, 2.05) is 32.0 Å². The molecule has 0 heterocycles. The largest absolute Gasteiger partial charge is 0.480 e. The van der Waals surface area contributed by atoms with Crippen molar-refractivity contribution >= 4 is 12.0 Å². The van der Waals surface area contributed by atoms with Crippen LogP contribution in [0.25, 0.3) is 0 Å². The van der Waals surface area contributed by atoms with Crippen molar-refractivity contribution < 1.29 is 14.7 Å². The lowest BCUT2D eigenvalue weighted by Gasteiger charge is -2.14. The monoisotopic (exact) mass is 292 g/mol. The summed E-state index contributed by atoms with van der Waals surface area (Å²) in [7, 11) is 0. The Bertz CT molecular complexity index is 474. The van der Waals surface area contributed by atoms with E-state index in [-0.39, 0.29) is 0 Å². The maximum absolute atomic E-state index is 11.7. The third-order valence-corrected chi connectivity index (χ3v) is 3.23. The number of aliphatic carboxylic acids is 1. The molecule has 0 aliphatic heterocycles. The lowest BCUT2D eigenvalue weighted by Crippen LogP contribution is -2.46. The van der Waals surface area contributed by atoms with Gasteiger partial charge in [-0.05, 0) is 25.3 Å². The van der Waals surface area contributed by atoms with E-state index in [0.29, 0.717) is 13.0 Å². The van der Waals surface area contributed by atoms with Crippen molar-refractivity contribution in [2.24, 2.45) is 0 Å². The van der Waals surface area contributed by atoms with E-state index in [0.717, 1.165) is 24.8 Å². The lowest BCUT2D eigenvalue weighted by atomic mass is 10.1. The minimum atomic E-state index is -0.989. The molecule has 2 amide bonds. The van der Waals surface area contributed by atoms with Gasteiger partial charge in [0.25, 0.3) is 0 Å². The van der Waals surface area contributed by atoms with Gasteiger partial charge in [-0.2, -0.15) is 0 Å². The van der Waals surface area contributed by atoms with Gasteiger partial charge in [-0.1, -0.05) is 49.6 Å². The molecule has 116 valence electrons. The van der Waals surface area contributed by atoms with Crippen LogP contribution in [0, 0.1) is 6.92 Å². The summed E-state index contributed by atoms with van der Waals surface area (Å²) < 4.78 is 0. The zero-order valence-corrected chi connectivity index (χ0v) is 12.7. The molecule has 0 aromatic heterocycles. The van der Waals surface area contributed by atoms with Gasteiger partial charge in [0, 0.05) is 6.54 Å². The number of carbonyl (C=O) groups is 2. The Labute approximate surface area is 125 Å². The highest BCUT2D eigenvalue weighted by molar-refractivity contribution is 5.82. The number of carboxylic acids is 1. The third-order valence-electron chi connectivity index (χ3n) is 3.23. The molecule has 5 nitrogen and oxygen atoms in total. The van der Waals surface area contributed by atoms with Gasteiger partial charge in [0.2, 0.25) is 0 Å². The van der Waals surface area contributed by atoms with E-state index in [4.69, 9.17) is 5.11 Å². The molecule has 0 spiro atoms. The van der Waals surface area contributed by atoms with Crippen molar-refractivity contribution in [2.75, 3.05) is 6.54 Å². The van der Waals surface area contributed by atoms with Crippen LogP contribution in [-0.2, 0) is 11.2 Å². The number of nitrogens with one attached hydrogen (secondary N) is 2. The molecule has 0 unspecified atom stereocenters. The molecule has 1 aromatic rings. The number of amides is 2. The maximum atomic E-state index is 11.7. The summed E-state index contributed by atoms with van der Waals surface area (Å²) in [6.45, 7) is 4.49. The molecule has 21 heavy (non-hydrogen) atoms. The summed E-state index contributed by atoms with van der Waals surface area (Å²) >= 11 is 0. The summed E-state index contributed by atoms with van der Waals surface area (Å²) in [6, 6.07) is 6.84. The van der Waals surface area contributed by atoms with Gasteiger partial charge in [0.05, 0.1) is 0 Å². The molecule has 1 rings (SSSR count). The second kappa shape index (κ2) is 9.00. The Balaban J connectivity index is 2.34. The number of carboxylic acid groups (broad SMARTS) is 1. The van der Waals surface area contributed by atoms with Crippen LogP contribution < -0.4 is 10.6 Å². The number of rotatable bonds is 8. The summed E-state index contributed by atoms with van der Waals surface area (Å²) in [5, 5.41) is 14.2. The number of hydrogen-bond acceptors (Lipinski definition) is 2. The molecule has 1 atom stereocenters. The average Bonchev–Trinajstić information content (AvgIpc) is 2.43. The van der Waals surface area contributed by atoms with Crippen molar-refractivity contribution in [1.29, 1.82) is 0 Å². The fourth-order valence-corrected chi connectivity index (χ4v) is 2.06. The highest BCUT2D eigenvalue weighted by atomic mass is 16.4. The fourth-order valence-electron chi connectivity index (χ4n) is 2.06. The number of urea groups is 1. The van der Waals surface area contributed by atoms with Gasteiger partial charge in [-0.3, -0.25) is 0 Å². The zero-order valence-electron chi connectivity index (χ0n) is 12.7. The van der Waals surface area contributed by atoms with Crippen molar-refractivity contribution in [3.63, 3.8) is 0 Å². The van der Waals surface area contributed by atoms with Crippen LogP contribution in [0.3, 0.4) is 0 Å². The zero-order chi connectivity index (χ0) is 15.7. The van der Waals surface area contributed by atoms with E-state index in [1.165, 1.54) is 5.56 Å². The highest BCUT2D eigenvalue weighted by Crippen LogP contribution is 2.04. The first-order valence-corrected chi connectivity index (χ1v) is 7.35. The van der Waals surface area contributed by atoms with Crippen LogP contribution >= 0.6 is 0 Å². The van der Waals surface area contributed by atoms with Crippen LogP contribution in [0.5, 0.6) is 0 Å². The molecular weight excluding hydrogens is 268 g/mol. The van der Waals surface area contributed by atoms with E-state index >= 15 is 0 Å². The fraction of sp³-hybridized carbons (Fsp3) is 0.500. The van der Waals surface area contributed by atoms with Crippen LogP contribution in [-0.4, -0.2) is 29.7 Å². The Hall–Kier alpha value is -2.04. The molecule has 3 N–H and O–H groups in total. The van der Waals surface area contributed by atoms with Gasteiger partial charge < -0.3 is 15.7 Å². The second-order valence-corrected chi connectivity index (χ2v) is 5.17. The number of benzene rings is 1. The van der Waals surface area contributed by atoms with Crippen LogP contribution in [0.15, 0.2) is 24.3 Å². The van der Waals surface area contributed by atoms with Gasteiger partial charge in [0.1, 0.15) is 6.04 Å². The van der Waals surface area contributed by atoms with Crippen molar-refractivity contribution in [3.8, 4) is 0 Å². The number of hydrogen-bond donors (Lipinski definition) is 3. The second-order valence-electron chi connectivity index (χ2n) is 5.17. The first kappa shape index (κ1) is 17.0. The molecule has 0 saturated heterocycles. The number of aryl methyl sites for hydroxylation is 1. The molecular formula is C16H24N2O3. The molecule has 0 bridgehead atoms. The smallest absolute Gasteiger partial charge is 0.326 e. The maximum Gasteiger partial charge on any atom is 0.326 e. The SMILES string of the molecule is CCCC[C@H](NC(=O)NCCc1cccc(C)c1)C(=O)O. The molecule has 0 aliphatic rings. The summed E-state index contributed by atoms with van der Waals surface area (Å²) in [4.78, 5) is 22.7.